The van der Waals surface area contributed by atoms with Crippen LogP contribution < -0.4 is 10.1 Å². The normalized spacial score (nSPS) is 13.0. The van der Waals surface area contributed by atoms with Crippen molar-refractivity contribution in [1.29, 1.82) is 0 Å². The van der Waals surface area contributed by atoms with Gasteiger partial charge in [0.2, 0.25) is 0 Å². The van der Waals surface area contributed by atoms with E-state index in [0.717, 1.165) is 5.56 Å². The predicted molar refractivity (Wildman–Crippen MR) is 98.1 cm³/mol. The summed E-state index contributed by atoms with van der Waals surface area (Å²) in [6, 6.07) is 10.7. The number of aliphatic hydroxyl groups excluding tert-OH is 1. The molecule has 3 rings (SSSR count). The maximum absolute atomic E-state index is 12.4. The summed E-state index contributed by atoms with van der Waals surface area (Å²) < 4.78 is 6.69. The molecule has 0 aliphatic heterocycles. The fourth-order valence-corrected chi connectivity index (χ4v) is 2.69. The van der Waals surface area contributed by atoms with E-state index in [-0.39, 0.29) is 24.2 Å². The first-order valence-electron chi connectivity index (χ1n) is 8.50. The molecule has 1 aromatic carbocycles. The molecule has 0 saturated carbocycles. The summed E-state index contributed by atoms with van der Waals surface area (Å²) in [5.41, 5.74) is 1.72. The second kappa shape index (κ2) is 8.41. The molecule has 27 heavy (non-hydrogen) atoms. The third-order valence-corrected chi connectivity index (χ3v) is 4.16. The van der Waals surface area contributed by atoms with Gasteiger partial charge in [-0.25, -0.2) is 4.68 Å². The molecule has 0 saturated heterocycles. The number of pyridine rings is 1. The Bertz CT molecular complexity index is 897. The Morgan fingerprint density at radius 1 is 1.30 bits per heavy atom. The molecular weight excluding hydrogens is 346 g/mol. The van der Waals surface area contributed by atoms with Crippen LogP contribution in [0.5, 0.6) is 5.75 Å². The SMILES string of the molecule is COc1ccccc1[C@@H](O)Cn1cc(C(=O)N[C@@H](C)c2cccnc2)nn1. The Morgan fingerprint density at radius 2 is 2.11 bits per heavy atom. The molecule has 0 spiro atoms. The molecular formula is C19H21N5O3. The average Bonchev–Trinajstić information content (AvgIpc) is 3.17. The van der Waals surface area contributed by atoms with Gasteiger partial charge in [0.25, 0.3) is 5.91 Å². The highest BCUT2D eigenvalue weighted by Crippen LogP contribution is 2.25. The van der Waals surface area contributed by atoms with E-state index in [0.29, 0.717) is 11.3 Å². The molecule has 0 fully saturated rings. The number of methoxy groups -OCH3 is 1. The topological polar surface area (TPSA) is 102 Å². The van der Waals surface area contributed by atoms with Crippen LogP contribution in [-0.2, 0) is 6.54 Å². The van der Waals surface area contributed by atoms with Gasteiger partial charge in [-0.05, 0) is 24.6 Å². The number of hydrogen-bond acceptors (Lipinski definition) is 6. The summed E-state index contributed by atoms with van der Waals surface area (Å²) in [5.74, 6) is 0.248. The van der Waals surface area contributed by atoms with E-state index in [2.05, 4.69) is 20.6 Å². The van der Waals surface area contributed by atoms with Gasteiger partial charge in [-0.2, -0.15) is 0 Å². The van der Waals surface area contributed by atoms with Gasteiger partial charge in [-0.3, -0.25) is 9.78 Å². The molecule has 0 aliphatic rings. The maximum atomic E-state index is 12.4. The molecule has 2 atom stereocenters. The summed E-state index contributed by atoms with van der Waals surface area (Å²) in [7, 11) is 1.55. The third-order valence-electron chi connectivity index (χ3n) is 4.16. The van der Waals surface area contributed by atoms with Crippen LogP contribution in [0.3, 0.4) is 0 Å². The summed E-state index contributed by atoms with van der Waals surface area (Å²) in [4.78, 5) is 16.4. The van der Waals surface area contributed by atoms with E-state index in [4.69, 9.17) is 4.74 Å². The zero-order valence-electron chi connectivity index (χ0n) is 15.1. The second-order valence-corrected chi connectivity index (χ2v) is 6.07. The molecule has 2 N–H and O–H groups in total. The number of carbonyl (C=O) groups excluding carboxylic acids is 1. The number of nitrogens with one attached hydrogen (secondary N) is 1. The fourth-order valence-electron chi connectivity index (χ4n) is 2.69. The molecule has 8 nitrogen and oxygen atoms in total. The minimum Gasteiger partial charge on any atom is -0.496 e. The van der Waals surface area contributed by atoms with E-state index in [1.54, 1.807) is 31.6 Å². The predicted octanol–water partition coefficient (Wildman–Crippen LogP) is 1.91. The fraction of sp³-hybridized carbons (Fsp3) is 0.263. The lowest BCUT2D eigenvalue weighted by atomic mass is 10.1. The van der Waals surface area contributed by atoms with Gasteiger partial charge in [0.15, 0.2) is 5.69 Å². The number of aliphatic hydroxyl groups is 1. The maximum Gasteiger partial charge on any atom is 0.273 e. The summed E-state index contributed by atoms with van der Waals surface area (Å²) in [5, 5.41) is 21.1. The minimum absolute atomic E-state index is 0.152. The van der Waals surface area contributed by atoms with Crippen LogP contribution in [0.1, 0.15) is 40.7 Å². The van der Waals surface area contributed by atoms with Crippen molar-refractivity contribution in [2.45, 2.75) is 25.6 Å². The monoisotopic (exact) mass is 367 g/mol. The van der Waals surface area contributed by atoms with Crippen molar-refractivity contribution in [3.8, 4) is 5.75 Å². The number of benzene rings is 1. The Hall–Kier alpha value is -3.26. The lowest BCUT2D eigenvalue weighted by Gasteiger charge is -2.14. The first-order valence-corrected chi connectivity index (χ1v) is 8.50. The standard InChI is InChI=1S/C19H21N5O3/c1-13(14-6-5-9-20-10-14)21-19(26)16-11-24(23-22-16)12-17(25)15-7-3-4-8-18(15)27-2/h3-11,13,17,25H,12H2,1-2H3,(H,21,26)/t13-,17-/m0/s1. The van der Waals surface area contributed by atoms with Gasteiger partial charge in [0, 0.05) is 18.0 Å². The van der Waals surface area contributed by atoms with E-state index >= 15 is 0 Å². The third kappa shape index (κ3) is 4.48. The summed E-state index contributed by atoms with van der Waals surface area (Å²) in [6.07, 6.45) is 4.04. The quantitative estimate of drug-likeness (QED) is 0.661. The Balaban J connectivity index is 1.65. The molecule has 140 valence electrons. The number of nitrogens with zero attached hydrogens (tertiary/aromatic N) is 4. The lowest BCUT2D eigenvalue weighted by molar-refractivity contribution is 0.0934. The van der Waals surface area contributed by atoms with Crippen LogP contribution in [0, 0.1) is 0 Å². The first-order chi connectivity index (χ1) is 13.1. The van der Waals surface area contributed by atoms with Crippen molar-refractivity contribution in [2.24, 2.45) is 0 Å². The van der Waals surface area contributed by atoms with Gasteiger partial charge in [0.1, 0.15) is 11.9 Å². The summed E-state index contributed by atoms with van der Waals surface area (Å²) in [6.45, 7) is 2.02. The van der Waals surface area contributed by atoms with Crippen molar-refractivity contribution in [1.82, 2.24) is 25.3 Å². The first kappa shape index (κ1) is 18.5. The molecule has 0 radical (unpaired) electrons. The molecule has 2 aromatic heterocycles. The second-order valence-electron chi connectivity index (χ2n) is 6.07. The van der Waals surface area contributed by atoms with Crippen LogP contribution in [0.15, 0.2) is 55.0 Å². The number of carbonyl (C=O) groups is 1. The highest BCUT2D eigenvalue weighted by molar-refractivity contribution is 5.92. The van der Waals surface area contributed by atoms with Gasteiger partial charge in [0.05, 0.1) is 25.9 Å². The Labute approximate surface area is 156 Å². The van der Waals surface area contributed by atoms with Crippen molar-refractivity contribution >= 4 is 5.91 Å². The highest BCUT2D eigenvalue weighted by Gasteiger charge is 2.18. The van der Waals surface area contributed by atoms with E-state index in [1.165, 1.54) is 10.9 Å². The molecule has 0 aliphatic carbocycles. The average molecular weight is 367 g/mol. The minimum atomic E-state index is -0.840. The van der Waals surface area contributed by atoms with Gasteiger partial charge < -0.3 is 15.2 Å². The van der Waals surface area contributed by atoms with Crippen molar-refractivity contribution < 1.29 is 14.6 Å². The van der Waals surface area contributed by atoms with E-state index in [9.17, 15) is 9.90 Å². The zero-order valence-corrected chi connectivity index (χ0v) is 15.1. The Morgan fingerprint density at radius 3 is 2.85 bits per heavy atom. The van der Waals surface area contributed by atoms with Crippen molar-refractivity contribution in [2.75, 3.05) is 7.11 Å². The van der Waals surface area contributed by atoms with Crippen LogP contribution in [0.4, 0.5) is 0 Å². The molecule has 3 aromatic rings. The lowest BCUT2D eigenvalue weighted by Crippen LogP contribution is -2.27. The molecule has 2 heterocycles. The van der Waals surface area contributed by atoms with E-state index in [1.807, 2.05) is 31.2 Å². The number of aromatic nitrogens is 4. The number of rotatable bonds is 7. The number of hydrogen-bond donors (Lipinski definition) is 2. The molecule has 8 heteroatoms. The summed E-state index contributed by atoms with van der Waals surface area (Å²) >= 11 is 0. The van der Waals surface area contributed by atoms with Crippen LogP contribution in [0.2, 0.25) is 0 Å². The van der Waals surface area contributed by atoms with Crippen molar-refractivity contribution in [3.63, 3.8) is 0 Å². The van der Waals surface area contributed by atoms with Gasteiger partial charge >= 0.3 is 0 Å². The van der Waals surface area contributed by atoms with Crippen molar-refractivity contribution in [3.05, 3.63) is 71.8 Å². The molecule has 1 amide bonds. The largest absolute Gasteiger partial charge is 0.496 e. The molecule has 0 bridgehead atoms. The van der Waals surface area contributed by atoms with Gasteiger partial charge in [-0.1, -0.05) is 29.5 Å². The number of amides is 1. The zero-order chi connectivity index (χ0) is 19.2. The van der Waals surface area contributed by atoms with Gasteiger partial charge in [-0.15, -0.1) is 5.10 Å². The highest BCUT2D eigenvalue weighted by atomic mass is 16.5. The smallest absolute Gasteiger partial charge is 0.273 e. The van der Waals surface area contributed by atoms with Crippen LogP contribution in [0.25, 0.3) is 0 Å². The van der Waals surface area contributed by atoms with Crippen LogP contribution in [-0.4, -0.2) is 38.1 Å². The Kier molecular flexibility index (Phi) is 5.77. The van der Waals surface area contributed by atoms with E-state index < -0.39 is 6.10 Å². The van der Waals surface area contributed by atoms with Crippen LogP contribution >= 0.6 is 0 Å². The number of para-hydroxylation sites is 1. The molecule has 0 unspecified atom stereocenters. The number of ether oxygens (including phenoxy) is 1.